The first-order valence-electron chi connectivity index (χ1n) is 8.02. The first-order valence-corrected chi connectivity index (χ1v) is 8.02. The minimum Gasteiger partial charge on any atom is -0.0622 e. The van der Waals surface area contributed by atoms with Crippen LogP contribution < -0.4 is 0 Å². The van der Waals surface area contributed by atoms with Gasteiger partial charge in [0, 0.05) is 0 Å². The van der Waals surface area contributed by atoms with Crippen molar-refractivity contribution < 1.29 is 0 Å². The van der Waals surface area contributed by atoms with Crippen LogP contribution in [0.2, 0.25) is 0 Å². The van der Waals surface area contributed by atoms with Gasteiger partial charge in [0.05, 0.1) is 0 Å². The molecule has 0 aromatic heterocycles. The molecule has 0 amide bonds. The molecule has 3 aromatic carbocycles. The Bertz CT molecular complexity index is 681. The molecule has 0 aliphatic rings. The molecule has 0 bridgehead atoms. The number of benzene rings is 3. The van der Waals surface area contributed by atoms with Crippen molar-refractivity contribution in [2.45, 2.75) is 25.7 Å². The van der Waals surface area contributed by atoms with Gasteiger partial charge in [0.2, 0.25) is 0 Å². The molecule has 0 fully saturated rings. The smallest absolute Gasteiger partial charge is 0.0184 e. The molecule has 0 saturated carbocycles. The van der Waals surface area contributed by atoms with Crippen LogP contribution in [0, 0.1) is 0 Å². The van der Waals surface area contributed by atoms with E-state index in [1.165, 1.54) is 28.7 Å². The molecule has 0 aliphatic heterocycles. The lowest BCUT2D eigenvalue weighted by molar-refractivity contribution is 0.679. The van der Waals surface area contributed by atoms with Gasteiger partial charge in [0.25, 0.3) is 0 Å². The van der Waals surface area contributed by atoms with Crippen molar-refractivity contribution in [2.24, 2.45) is 0 Å². The van der Waals surface area contributed by atoms with Crippen LogP contribution in [0.4, 0.5) is 0 Å². The molecular formula is C22H22. The normalized spacial score (nSPS) is 12.0. The van der Waals surface area contributed by atoms with E-state index in [4.69, 9.17) is 0 Å². The quantitative estimate of drug-likeness (QED) is 0.532. The zero-order valence-electron chi connectivity index (χ0n) is 13.1. The maximum absolute atomic E-state index is 2.31. The van der Waals surface area contributed by atoms with Gasteiger partial charge in [-0.25, -0.2) is 0 Å². The standard InChI is InChI=1S/C22H22/c1-18(20-8-4-2-5-9-20)12-13-19-14-16-22(17-15-19)21-10-6-3-7-11-21/h2-11,14-18H,12-13H2,1H3. The summed E-state index contributed by atoms with van der Waals surface area (Å²) >= 11 is 0. The van der Waals surface area contributed by atoms with Gasteiger partial charge in [0.15, 0.2) is 0 Å². The number of aryl methyl sites for hydroxylation is 1. The predicted molar refractivity (Wildman–Crippen MR) is 95.1 cm³/mol. The van der Waals surface area contributed by atoms with E-state index in [9.17, 15) is 0 Å². The summed E-state index contributed by atoms with van der Waals surface area (Å²) in [5.41, 5.74) is 5.43. The molecule has 3 aromatic rings. The average molecular weight is 286 g/mol. The van der Waals surface area contributed by atoms with Gasteiger partial charge in [-0.2, -0.15) is 0 Å². The van der Waals surface area contributed by atoms with E-state index >= 15 is 0 Å². The molecular weight excluding hydrogens is 264 g/mol. The molecule has 22 heavy (non-hydrogen) atoms. The molecule has 0 nitrogen and oxygen atoms in total. The number of hydrogen-bond donors (Lipinski definition) is 0. The fraction of sp³-hybridized carbons (Fsp3) is 0.182. The van der Waals surface area contributed by atoms with E-state index in [2.05, 4.69) is 91.9 Å². The lowest BCUT2D eigenvalue weighted by Gasteiger charge is -2.12. The fourth-order valence-corrected chi connectivity index (χ4v) is 2.83. The molecule has 0 heteroatoms. The summed E-state index contributed by atoms with van der Waals surface area (Å²) < 4.78 is 0. The highest BCUT2D eigenvalue weighted by Gasteiger charge is 2.05. The van der Waals surface area contributed by atoms with Crippen molar-refractivity contribution in [2.75, 3.05) is 0 Å². The van der Waals surface area contributed by atoms with Gasteiger partial charge in [-0.15, -0.1) is 0 Å². The molecule has 110 valence electrons. The van der Waals surface area contributed by atoms with Crippen molar-refractivity contribution in [3.05, 3.63) is 96.1 Å². The van der Waals surface area contributed by atoms with E-state index in [1.54, 1.807) is 0 Å². The van der Waals surface area contributed by atoms with E-state index < -0.39 is 0 Å². The Morgan fingerprint density at radius 3 is 1.82 bits per heavy atom. The van der Waals surface area contributed by atoms with Crippen LogP contribution >= 0.6 is 0 Å². The Kier molecular flexibility index (Phi) is 4.70. The van der Waals surface area contributed by atoms with Gasteiger partial charge < -0.3 is 0 Å². The Labute approximate surface area is 133 Å². The zero-order chi connectivity index (χ0) is 15.2. The summed E-state index contributed by atoms with van der Waals surface area (Å²) in [7, 11) is 0. The third-order valence-corrected chi connectivity index (χ3v) is 4.30. The Balaban J connectivity index is 1.62. The maximum Gasteiger partial charge on any atom is -0.0184 e. The Hall–Kier alpha value is -2.34. The summed E-state index contributed by atoms with van der Waals surface area (Å²) in [5.74, 6) is 0.606. The molecule has 0 radical (unpaired) electrons. The minimum atomic E-state index is 0.606. The fourth-order valence-electron chi connectivity index (χ4n) is 2.83. The van der Waals surface area contributed by atoms with Crippen LogP contribution in [0.15, 0.2) is 84.9 Å². The highest BCUT2D eigenvalue weighted by Crippen LogP contribution is 2.23. The molecule has 0 N–H and O–H groups in total. The first kappa shape index (κ1) is 14.6. The maximum atomic E-state index is 2.31. The van der Waals surface area contributed by atoms with Crippen molar-refractivity contribution in [1.82, 2.24) is 0 Å². The zero-order valence-corrected chi connectivity index (χ0v) is 13.1. The summed E-state index contributed by atoms with van der Waals surface area (Å²) in [4.78, 5) is 0. The lowest BCUT2D eigenvalue weighted by atomic mass is 9.93. The van der Waals surface area contributed by atoms with Crippen molar-refractivity contribution in [3.63, 3.8) is 0 Å². The van der Waals surface area contributed by atoms with Crippen LogP contribution in [0.1, 0.15) is 30.4 Å². The van der Waals surface area contributed by atoms with Gasteiger partial charge in [-0.05, 0) is 41.0 Å². The topological polar surface area (TPSA) is 0 Å². The second kappa shape index (κ2) is 7.09. The number of hydrogen-bond acceptors (Lipinski definition) is 0. The molecule has 1 atom stereocenters. The SMILES string of the molecule is CC(CCc1ccc(-c2ccccc2)cc1)c1ccccc1. The van der Waals surface area contributed by atoms with Gasteiger partial charge in [-0.1, -0.05) is 91.9 Å². The van der Waals surface area contributed by atoms with Crippen LogP contribution in [0.3, 0.4) is 0 Å². The monoisotopic (exact) mass is 286 g/mol. The second-order valence-electron chi connectivity index (χ2n) is 5.91. The molecule has 0 heterocycles. The molecule has 0 aliphatic carbocycles. The highest BCUT2D eigenvalue weighted by molar-refractivity contribution is 5.63. The number of rotatable bonds is 5. The van der Waals surface area contributed by atoms with Crippen molar-refractivity contribution >= 4 is 0 Å². The largest absolute Gasteiger partial charge is 0.0622 e. The summed E-state index contributed by atoms with van der Waals surface area (Å²) in [5, 5.41) is 0. The van der Waals surface area contributed by atoms with E-state index in [1.807, 2.05) is 0 Å². The summed E-state index contributed by atoms with van der Waals surface area (Å²) in [6.07, 6.45) is 2.32. The summed E-state index contributed by atoms with van der Waals surface area (Å²) in [6.45, 7) is 2.31. The highest BCUT2D eigenvalue weighted by atomic mass is 14.1. The Morgan fingerprint density at radius 1 is 0.636 bits per heavy atom. The molecule has 3 rings (SSSR count). The molecule has 1 unspecified atom stereocenters. The van der Waals surface area contributed by atoms with E-state index in [0.717, 1.165) is 6.42 Å². The lowest BCUT2D eigenvalue weighted by Crippen LogP contribution is -1.96. The third-order valence-electron chi connectivity index (χ3n) is 4.30. The summed E-state index contributed by atoms with van der Waals surface area (Å²) in [6, 6.07) is 30.3. The van der Waals surface area contributed by atoms with Gasteiger partial charge in [0.1, 0.15) is 0 Å². The average Bonchev–Trinajstić information content (AvgIpc) is 2.61. The van der Waals surface area contributed by atoms with Crippen LogP contribution in [0.5, 0.6) is 0 Å². The van der Waals surface area contributed by atoms with E-state index in [-0.39, 0.29) is 0 Å². The van der Waals surface area contributed by atoms with Crippen molar-refractivity contribution in [1.29, 1.82) is 0 Å². The van der Waals surface area contributed by atoms with Crippen LogP contribution in [-0.2, 0) is 6.42 Å². The van der Waals surface area contributed by atoms with Crippen molar-refractivity contribution in [3.8, 4) is 11.1 Å². The first-order chi connectivity index (χ1) is 10.8. The van der Waals surface area contributed by atoms with Crippen LogP contribution in [-0.4, -0.2) is 0 Å². The van der Waals surface area contributed by atoms with Gasteiger partial charge in [-0.3, -0.25) is 0 Å². The van der Waals surface area contributed by atoms with Gasteiger partial charge >= 0.3 is 0 Å². The predicted octanol–water partition coefficient (Wildman–Crippen LogP) is 6.09. The molecule has 0 saturated heterocycles. The third kappa shape index (κ3) is 3.65. The van der Waals surface area contributed by atoms with Crippen LogP contribution in [0.25, 0.3) is 11.1 Å². The molecule has 0 spiro atoms. The second-order valence-corrected chi connectivity index (χ2v) is 5.91. The van der Waals surface area contributed by atoms with E-state index in [0.29, 0.717) is 5.92 Å². The minimum absolute atomic E-state index is 0.606. The Morgan fingerprint density at radius 2 is 1.18 bits per heavy atom.